The predicted octanol–water partition coefficient (Wildman–Crippen LogP) is 2.13. The van der Waals surface area contributed by atoms with Crippen LogP contribution in [-0.4, -0.2) is 41.0 Å². The van der Waals surface area contributed by atoms with Crippen molar-refractivity contribution >= 4 is 15.7 Å². The predicted molar refractivity (Wildman–Crippen MR) is 92.0 cm³/mol. The molecule has 0 bridgehead atoms. The molecular weight excluding hydrogens is 312 g/mol. The lowest BCUT2D eigenvalue weighted by Gasteiger charge is -2.36. The van der Waals surface area contributed by atoms with Crippen molar-refractivity contribution in [1.29, 1.82) is 0 Å². The van der Waals surface area contributed by atoms with E-state index < -0.39 is 10.0 Å². The molecule has 1 aromatic rings. The van der Waals surface area contributed by atoms with E-state index in [-0.39, 0.29) is 11.9 Å². The van der Waals surface area contributed by atoms with Gasteiger partial charge >= 0.3 is 0 Å². The summed E-state index contributed by atoms with van der Waals surface area (Å²) >= 11 is 0. The number of ether oxygens (including phenoxy) is 1. The third kappa shape index (κ3) is 4.05. The van der Waals surface area contributed by atoms with Crippen molar-refractivity contribution in [3.63, 3.8) is 0 Å². The molecule has 2 fully saturated rings. The molecule has 1 aliphatic carbocycles. The summed E-state index contributed by atoms with van der Waals surface area (Å²) < 4.78 is 33.0. The van der Waals surface area contributed by atoms with Gasteiger partial charge in [-0.25, -0.2) is 13.1 Å². The number of rotatable bonds is 6. The highest BCUT2D eigenvalue weighted by atomic mass is 32.2. The summed E-state index contributed by atoms with van der Waals surface area (Å²) in [5.74, 6) is 0.0715. The van der Waals surface area contributed by atoms with Gasteiger partial charge in [-0.3, -0.25) is 0 Å². The van der Waals surface area contributed by atoms with E-state index in [1.807, 2.05) is 43.3 Å². The number of anilines is 1. The highest BCUT2D eigenvalue weighted by molar-refractivity contribution is 7.89. The maximum Gasteiger partial charge on any atom is 0.214 e. The molecule has 128 valence electrons. The first-order chi connectivity index (χ1) is 10.9. The Balaban J connectivity index is 1.53. The van der Waals surface area contributed by atoms with E-state index in [9.17, 15) is 8.42 Å². The number of hydrogen-bond donors (Lipinski definition) is 1. The van der Waals surface area contributed by atoms with Crippen molar-refractivity contribution in [2.24, 2.45) is 5.41 Å². The second-order valence-electron chi connectivity index (χ2n) is 7.16. The third-order valence-electron chi connectivity index (χ3n) is 5.03. The summed E-state index contributed by atoms with van der Waals surface area (Å²) in [6, 6.07) is 7.88. The van der Waals surface area contributed by atoms with Crippen LogP contribution >= 0.6 is 0 Å². The lowest BCUT2D eigenvalue weighted by molar-refractivity contribution is 0.0750. The van der Waals surface area contributed by atoms with Crippen LogP contribution in [0.5, 0.6) is 0 Å². The van der Waals surface area contributed by atoms with Crippen LogP contribution in [0.4, 0.5) is 5.69 Å². The Hall–Kier alpha value is -1.11. The quantitative estimate of drug-likeness (QED) is 0.863. The van der Waals surface area contributed by atoms with Gasteiger partial charge in [-0.2, -0.15) is 0 Å². The molecular formula is C17H26N2O3S. The zero-order valence-electron chi connectivity index (χ0n) is 13.9. The van der Waals surface area contributed by atoms with Gasteiger partial charge < -0.3 is 9.64 Å². The molecule has 1 saturated carbocycles. The van der Waals surface area contributed by atoms with Crippen LogP contribution < -0.4 is 9.62 Å². The van der Waals surface area contributed by atoms with Crippen LogP contribution in [0.3, 0.4) is 0 Å². The summed E-state index contributed by atoms with van der Waals surface area (Å²) in [5.41, 5.74) is 2.32. The van der Waals surface area contributed by atoms with Gasteiger partial charge in [0.1, 0.15) is 0 Å². The molecule has 1 saturated heterocycles. The SMILES string of the molecule is CN(C)c1cccc(CNS(=O)(=O)CC2CC3(CCC3)CO2)c1. The van der Waals surface area contributed by atoms with Gasteiger partial charge in [0.25, 0.3) is 0 Å². The molecule has 1 unspecified atom stereocenters. The van der Waals surface area contributed by atoms with Crippen LogP contribution in [0.15, 0.2) is 24.3 Å². The molecule has 1 N–H and O–H groups in total. The van der Waals surface area contributed by atoms with Crippen LogP contribution in [-0.2, 0) is 21.3 Å². The number of sulfonamides is 1. The average Bonchev–Trinajstić information content (AvgIpc) is 2.89. The summed E-state index contributed by atoms with van der Waals surface area (Å²) in [7, 11) is 0.619. The maximum absolute atomic E-state index is 12.3. The molecule has 0 aromatic heterocycles. The minimum absolute atomic E-state index is 0.0715. The van der Waals surface area contributed by atoms with Crippen LogP contribution in [0, 0.1) is 5.41 Å². The van der Waals surface area contributed by atoms with E-state index >= 15 is 0 Å². The Kier molecular flexibility index (Phi) is 4.67. The van der Waals surface area contributed by atoms with Gasteiger partial charge in [-0.05, 0) is 42.4 Å². The highest BCUT2D eigenvalue weighted by Gasteiger charge is 2.45. The first kappa shape index (κ1) is 16.7. The Morgan fingerprint density at radius 1 is 1.35 bits per heavy atom. The van der Waals surface area contributed by atoms with Crippen LogP contribution in [0.2, 0.25) is 0 Å². The smallest absolute Gasteiger partial charge is 0.214 e. The van der Waals surface area contributed by atoms with E-state index in [0.29, 0.717) is 12.0 Å². The molecule has 3 rings (SSSR count). The van der Waals surface area contributed by atoms with E-state index in [4.69, 9.17) is 4.74 Å². The minimum Gasteiger partial charge on any atom is -0.378 e. The van der Waals surface area contributed by atoms with Crippen molar-refractivity contribution in [2.75, 3.05) is 31.4 Å². The second kappa shape index (κ2) is 6.42. The van der Waals surface area contributed by atoms with Crippen molar-refractivity contribution < 1.29 is 13.2 Å². The van der Waals surface area contributed by atoms with Gasteiger partial charge in [0.05, 0.1) is 18.5 Å². The number of nitrogens with one attached hydrogen (secondary N) is 1. The fourth-order valence-electron chi connectivity index (χ4n) is 3.47. The first-order valence-corrected chi connectivity index (χ1v) is 9.88. The molecule has 1 aromatic carbocycles. The van der Waals surface area contributed by atoms with Gasteiger partial charge in [-0.15, -0.1) is 0 Å². The summed E-state index contributed by atoms with van der Waals surface area (Å²) in [4.78, 5) is 2.00. The monoisotopic (exact) mass is 338 g/mol. The molecule has 2 aliphatic rings. The summed E-state index contributed by atoms with van der Waals surface area (Å²) in [6.45, 7) is 1.06. The zero-order valence-corrected chi connectivity index (χ0v) is 14.7. The lowest BCUT2D eigenvalue weighted by atomic mass is 9.68. The number of hydrogen-bond acceptors (Lipinski definition) is 4. The largest absolute Gasteiger partial charge is 0.378 e. The fraction of sp³-hybridized carbons (Fsp3) is 0.647. The molecule has 5 nitrogen and oxygen atoms in total. The van der Waals surface area contributed by atoms with Crippen LogP contribution in [0.1, 0.15) is 31.2 Å². The van der Waals surface area contributed by atoms with E-state index in [1.54, 1.807) is 0 Å². The highest BCUT2D eigenvalue weighted by Crippen LogP contribution is 2.49. The molecule has 0 amide bonds. The van der Waals surface area contributed by atoms with E-state index in [2.05, 4.69) is 4.72 Å². The zero-order chi connectivity index (χ0) is 16.5. The van der Waals surface area contributed by atoms with E-state index in [1.165, 1.54) is 19.3 Å². The molecule has 0 radical (unpaired) electrons. The Morgan fingerprint density at radius 2 is 2.13 bits per heavy atom. The Morgan fingerprint density at radius 3 is 2.74 bits per heavy atom. The van der Waals surface area contributed by atoms with E-state index in [0.717, 1.165) is 24.3 Å². The summed E-state index contributed by atoms with van der Waals surface area (Å²) in [6.07, 6.45) is 4.37. The Bertz CT molecular complexity index is 654. The molecule has 1 aliphatic heterocycles. The minimum atomic E-state index is -3.32. The normalized spacial score (nSPS) is 23.0. The maximum atomic E-state index is 12.3. The topological polar surface area (TPSA) is 58.6 Å². The molecule has 23 heavy (non-hydrogen) atoms. The standard InChI is InChI=1S/C17H26N2O3S/c1-19(2)15-6-3-5-14(9-15)11-18-23(20,21)12-16-10-17(13-22-16)7-4-8-17/h3,5-6,9,16,18H,4,7-8,10-13H2,1-2H3. The third-order valence-corrected chi connectivity index (χ3v) is 6.42. The number of benzene rings is 1. The second-order valence-corrected chi connectivity index (χ2v) is 9.01. The Labute approximate surface area is 139 Å². The molecule has 1 spiro atoms. The van der Waals surface area contributed by atoms with Crippen molar-refractivity contribution in [3.8, 4) is 0 Å². The average molecular weight is 338 g/mol. The van der Waals surface area contributed by atoms with Crippen molar-refractivity contribution in [2.45, 2.75) is 38.3 Å². The van der Waals surface area contributed by atoms with Crippen LogP contribution in [0.25, 0.3) is 0 Å². The first-order valence-electron chi connectivity index (χ1n) is 8.23. The van der Waals surface area contributed by atoms with Crippen molar-refractivity contribution in [1.82, 2.24) is 4.72 Å². The number of nitrogens with zero attached hydrogens (tertiary/aromatic N) is 1. The fourth-order valence-corrected chi connectivity index (χ4v) is 4.68. The van der Waals surface area contributed by atoms with Gasteiger partial charge in [0, 0.05) is 26.3 Å². The van der Waals surface area contributed by atoms with Gasteiger partial charge in [0.2, 0.25) is 10.0 Å². The van der Waals surface area contributed by atoms with Gasteiger partial charge in [0.15, 0.2) is 0 Å². The molecule has 1 atom stereocenters. The van der Waals surface area contributed by atoms with Gasteiger partial charge in [-0.1, -0.05) is 18.6 Å². The summed E-state index contributed by atoms with van der Waals surface area (Å²) in [5, 5.41) is 0. The lowest BCUT2D eigenvalue weighted by Crippen LogP contribution is -2.33. The molecule has 6 heteroatoms. The van der Waals surface area contributed by atoms with Crippen molar-refractivity contribution in [3.05, 3.63) is 29.8 Å². The molecule has 1 heterocycles.